The first kappa shape index (κ1) is 26.9. The SMILES string of the molecule is CC(C)(C)S(=O)N[C@@H](c1c(O)cc(Cl)c(Cl)c1F)C1CCN(C(=O)c2c[nH]c(=O)c(Cl)c2)CC1. The molecule has 0 aliphatic carbocycles. The molecule has 1 unspecified atom stereocenters. The number of nitrogens with one attached hydrogen (secondary N) is 2. The van der Waals surface area contributed by atoms with Crippen molar-refractivity contribution >= 4 is 51.7 Å². The lowest BCUT2D eigenvalue weighted by Crippen LogP contribution is -2.44. The summed E-state index contributed by atoms with van der Waals surface area (Å²) in [6, 6.07) is 1.64. The van der Waals surface area contributed by atoms with Crippen molar-refractivity contribution in [1.29, 1.82) is 0 Å². The molecule has 1 saturated heterocycles. The molecule has 12 heteroatoms. The van der Waals surface area contributed by atoms with Gasteiger partial charge < -0.3 is 15.0 Å². The Morgan fingerprint density at radius 2 is 1.85 bits per heavy atom. The Morgan fingerprint density at radius 1 is 1.24 bits per heavy atom. The summed E-state index contributed by atoms with van der Waals surface area (Å²) in [4.78, 5) is 28.4. The van der Waals surface area contributed by atoms with Crippen LogP contribution < -0.4 is 10.3 Å². The molecular weight excluding hydrogens is 528 g/mol. The Morgan fingerprint density at radius 3 is 2.41 bits per heavy atom. The van der Waals surface area contributed by atoms with Crippen LogP contribution in [0.2, 0.25) is 15.1 Å². The fourth-order valence-corrected chi connectivity index (χ4v) is 5.18. The summed E-state index contributed by atoms with van der Waals surface area (Å²) in [6.07, 6.45) is 2.17. The van der Waals surface area contributed by atoms with Crippen molar-refractivity contribution in [1.82, 2.24) is 14.6 Å². The topological polar surface area (TPSA) is 102 Å². The minimum absolute atomic E-state index is 0.0831. The van der Waals surface area contributed by atoms with E-state index >= 15 is 4.39 Å². The van der Waals surface area contributed by atoms with E-state index in [1.54, 1.807) is 25.7 Å². The predicted molar refractivity (Wildman–Crippen MR) is 133 cm³/mol. The fourth-order valence-electron chi connectivity index (χ4n) is 3.77. The van der Waals surface area contributed by atoms with E-state index in [2.05, 4.69) is 9.71 Å². The first-order chi connectivity index (χ1) is 15.8. The standard InChI is InChI=1S/C22H25Cl3FN3O4S/c1-22(2,3)34(33)28-19(16-15(30)9-13(23)17(25)18(16)26)11-4-6-29(7-5-11)21(32)12-8-14(24)20(31)27-10-12/h8-11,19,28,30H,4-7H2,1-3H3,(H,27,31)/t19-,34?/m1/s1. The minimum atomic E-state index is -1.58. The van der Waals surface area contributed by atoms with Gasteiger partial charge in [0.2, 0.25) is 0 Å². The highest BCUT2D eigenvalue weighted by molar-refractivity contribution is 7.84. The first-order valence-electron chi connectivity index (χ1n) is 10.5. The molecule has 3 rings (SSSR count). The van der Waals surface area contributed by atoms with E-state index in [-0.39, 0.29) is 38.0 Å². The molecule has 1 aliphatic rings. The lowest BCUT2D eigenvalue weighted by Gasteiger charge is -2.37. The van der Waals surface area contributed by atoms with Crippen LogP contribution >= 0.6 is 34.8 Å². The summed E-state index contributed by atoms with van der Waals surface area (Å²) >= 11 is 17.8. The number of aromatic hydroxyl groups is 1. The van der Waals surface area contributed by atoms with Crippen molar-refractivity contribution in [3.05, 3.63) is 60.7 Å². The quantitative estimate of drug-likeness (QED) is 0.463. The summed E-state index contributed by atoms with van der Waals surface area (Å²) in [5.41, 5.74) is -0.343. The first-order valence-corrected chi connectivity index (χ1v) is 12.8. The molecule has 34 heavy (non-hydrogen) atoms. The lowest BCUT2D eigenvalue weighted by molar-refractivity contribution is 0.0673. The molecule has 2 aromatic rings. The zero-order chi connectivity index (χ0) is 25.4. The molecule has 2 heterocycles. The number of phenolic OH excluding ortho intramolecular Hbond substituents is 1. The van der Waals surface area contributed by atoms with Crippen LogP contribution in [0.4, 0.5) is 4.39 Å². The Kier molecular flexibility index (Phi) is 8.35. The number of benzene rings is 1. The number of halogens is 4. The molecule has 1 amide bonds. The van der Waals surface area contributed by atoms with Gasteiger partial charge in [-0.15, -0.1) is 0 Å². The van der Waals surface area contributed by atoms with Gasteiger partial charge in [0.05, 0.1) is 37.4 Å². The van der Waals surface area contributed by atoms with Gasteiger partial charge in [0, 0.05) is 30.9 Å². The Hall–Kier alpha value is -1.65. The molecular formula is C22H25Cl3FN3O4S. The van der Waals surface area contributed by atoms with Crippen LogP contribution in [0.5, 0.6) is 5.75 Å². The largest absolute Gasteiger partial charge is 0.507 e. The minimum Gasteiger partial charge on any atom is -0.507 e. The number of H-pyrrole nitrogens is 1. The van der Waals surface area contributed by atoms with Crippen LogP contribution in [-0.2, 0) is 11.0 Å². The van der Waals surface area contributed by atoms with Crippen LogP contribution in [0, 0.1) is 11.7 Å². The van der Waals surface area contributed by atoms with Gasteiger partial charge in [-0.2, -0.15) is 0 Å². The second-order valence-corrected chi connectivity index (χ2v) is 12.3. The van der Waals surface area contributed by atoms with Gasteiger partial charge >= 0.3 is 0 Å². The van der Waals surface area contributed by atoms with Crippen LogP contribution in [-0.4, -0.2) is 42.9 Å². The average Bonchev–Trinajstić information content (AvgIpc) is 2.77. The number of aromatic nitrogens is 1. The summed E-state index contributed by atoms with van der Waals surface area (Å²) < 4.78 is 30.4. The van der Waals surface area contributed by atoms with Gasteiger partial charge in [-0.05, 0) is 45.6 Å². The zero-order valence-electron chi connectivity index (χ0n) is 18.8. The number of rotatable bonds is 5. The van der Waals surface area contributed by atoms with E-state index < -0.39 is 38.9 Å². The van der Waals surface area contributed by atoms with Crippen molar-refractivity contribution in [2.24, 2.45) is 5.92 Å². The van der Waals surface area contributed by atoms with E-state index in [4.69, 9.17) is 34.8 Å². The Bertz CT molecular complexity index is 1180. The number of aromatic amines is 1. The van der Waals surface area contributed by atoms with E-state index in [0.717, 1.165) is 6.07 Å². The number of nitrogens with zero attached hydrogens (tertiary/aromatic N) is 1. The monoisotopic (exact) mass is 551 g/mol. The molecule has 0 bridgehead atoms. The van der Waals surface area contributed by atoms with Gasteiger partial charge in [0.15, 0.2) is 5.82 Å². The van der Waals surface area contributed by atoms with Gasteiger partial charge in [0.25, 0.3) is 11.5 Å². The van der Waals surface area contributed by atoms with Crippen molar-refractivity contribution in [3.63, 3.8) is 0 Å². The van der Waals surface area contributed by atoms with Crippen molar-refractivity contribution in [2.45, 2.75) is 44.4 Å². The summed E-state index contributed by atoms with van der Waals surface area (Å²) in [5.74, 6) is -1.84. The van der Waals surface area contributed by atoms with Crippen molar-refractivity contribution in [2.75, 3.05) is 13.1 Å². The second-order valence-electron chi connectivity index (χ2n) is 9.09. The molecule has 186 valence electrons. The maximum absolute atomic E-state index is 15.2. The third-order valence-corrected chi connectivity index (χ3v) is 8.31. The molecule has 0 radical (unpaired) electrons. The maximum atomic E-state index is 15.2. The van der Waals surface area contributed by atoms with E-state index in [1.807, 2.05) is 0 Å². The van der Waals surface area contributed by atoms with Gasteiger partial charge in [-0.1, -0.05) is 34.8 Å². The summed E-state index contributed by atoms with van der Waals surface area (Å²) in [5, 5.41) is 9.98. The molecule has 1 aliphatic heterocycles. The zero-order valence-corrected chi connectivity index (χ0v) is 21.8. The number of carbonyl (C=O) groups excluding carboxylic acids is 1. The molecule has 0 spiro atoms. The molecule has 1 aromatic carbocycles. The molecule has 7 nitrogen and oxygen atoms in total. The number of phenols is 1. The molecule has 2 atom stereocenters. The highest BCUT2D eigenvalue weighted by atomic mass is 35.5. The molecule has 1 aromatic heterocycles. The number of amides is 1. The highest BCUT2D eigenvalue weighted by Gasteiger charge is 2.36. The van der Waals surface area contributed by atoms with Crippen LogP contribution in [0.3, 0.4) is 0 Å². The number of piperidine rings is 1. The number of likely N-dealkylation sites (tertiary alicyclic amines) is 1. The van der Waals surface area contributed by atoms with Crippen molar-refractivity contribution < 1.29 is 18.5 Å². The third kappa shape index (κ3) is 5.76. The number of pyridine rings is 1. The van der Waals surface area contributed by atoms with E-state index in [1.165, 1.54) is 12.3 Å². The number of carbonyl (C=O) groups is 1. The maximum Gasteiger partial charge on any atom is 0.266 e. The fraction of sp³-hybridized carbons (Fsp3) is 0.455. The lowest BCUT2D eigenvalue weighted by atomic mass is 9.85. The van der Waals surface area contributed by atoms with Gasteiger partial charge in [-0.3, -0.25) is 9.59 Å². The second kappa shape index (κ2) is 10.5. The third-order valence-electron chi connectivity index (χ3n) is 5.68. The number of hydrogen-bond donors (Lipinski definition) is 3. The Labute approximate surface area is 214 Å². The Balaban J connectivity index is 1.87. The highest BCUT2D eigenvalue weighted by Crippen LogP contribution is 2.42. The van der Waals surface area contributed by atoms with E-state index in [9.17, 15) is 18.9 Å². The van der Waals surface area contributed by atoms with Crippen LogP contribution in [0.25, 0.3) is 0 Å². The normalized spacial score (nSPS) is 17.0. The van der Waals surface area contributed by atoms with Crippen LogP contribution in [0.15, 0.2) is 23.1 Å². The smallest absolute Gasteiger partial charge is 0.266 e. The number of hydrogen-bond acceptors (Lipinski definition) is 4. The van der Waals surface area contributed by atoms with Gasteiger partial charge in [-0.25, -0.2) is 13.3 Å². The molecule has 1 fully saturated rings. The predicted octanol–water partition coefficient (Wildman–Crippen LogP) is 4.83. The van der Waals surface area contributed by atoms with Crippen molar-refractivity contribution in [3.8, 4) is 5.75 Å². The summed E-state index contributed by atoms with van der Waals surface area (Å²) in [6.45, 7) is 5.97. The van der Waals surface area contributed by atoms with Crippen LogP contribution in [0.1, 0.15) is 55.6 Å². The van der Waals surface area contributed by atoms with Gasteiger partial charge in [0.1, 0.15) is 10.8 Å². The summed E-state index contributed by atoms with van der Waals surface area (Å²) in [7, 11) is -1.58. The average molecular weight is 553 g/mol. The molecule has 0 saturated carbocycles. The molecule has 3 N–H and O–H groups in total. The van der Waals surface area contributed by atoms with E-state index in [0.29, 0.717) is 25.9 Å².